The minimum Gasteiger partial charge on any atom is -0.493 e. The Balaban J connectivity index is 1.48. The van der Waals surface area contributed by atoms with Crippen molar-refractivity contribution in [1.29, 1.82) is 0 Å². The second kappa shape index (κ2) is 8.97. The summed E-state index contributed by atoms with van der Waals surface area (Å²) in [6, 6.07) is 15.1. The number of ether oxygens (including phenoxy) is 2. The lowest BCUT2D eigenvalue weighted by atomic mass is 10.1. The third-order valence-electron chi connectivity index (χ3n) is 4.95. The fourth-order valence-electron chi connectivity index (χ4n) is 3.44. The Bertz CT molecular complexity index is 1290. The molecule has 1 amide bonds. The van der Waals surface area contributed by atoms with Crippen LogP contribution in [0, 0.1) is 6.92 Å². The van der Waals surface area contributed by atoms with Gasteiger partial charge in [-0.2, -0.15) is 10.2 Å². The lowest BCUT2D eigenvalue weighted by Crippen LogP contribution is -2.18. The van der Waals surface area contributed by atoms with E-state index in [0.29, 0.717) is 22.9 Å². The molecule has 0 unspecified atom stereocenters. The number of hydrazone groups is 1. The Hall–Kier alpha value is -4.07. The summed E-state index contributed by atoms with van der Waals surface area (Å²) < 4.78 is 11.2. The van der Waals surface area contributed by atoms with Crippen LogP contribution in [0.2, 0.25) is 0 Å². The quantitative estimate of drug-likeness (QED) is 0.297. The number of H-pyrrole nitrogens is 2. The van der Waals surface area contributed by atoms with Crippen LogP contribution in [0.4, 0.5) is 0 Å². The van der Waals surface area contributed by atoms with Crippen LogP contribution in [0.3, 0.4) is 0 Å². The first kappa shape index (κ1) is 21.2. The molecule has 0 radical (unpaired) electrons. The van der Waals surface area contributed by atoms with Crippen LogP contribution in [0.25, 0.3) is 22.2 Å². The number of benzene rings is 2. The van der Waals surface area contributed by atoms with Crippen molar-refractivity contribution in [2.75, 3.05) is 7.11 Å². The first-order valence-corrected chi connectivity index (χ1v) is 10.3. The molecule has 0 saturated carbocycles. The Morgan fingerprint density at radius 2 is 1.97 bits per heavy atom. The van der Waals surface area contributed by atoms with E-state index in [1.54, 1.807) is 19.4 Å². The molecule has 0 aliphatic carbocycles. The molecule has 4 aromatic rings. The fourth-order valence-corrected chi connectivity index (χ4v) is 3.44. The molecular formula is C24H25N5O3. The van der Waals surface area contributed by atoms with Crippen LogP contribution in [0.5, 0.6) is 11.5 Å². The lowest BCUT2D eigenvalue weighted by molar-refractivity contribution is 0.0950. The highest BCUT2D eigenvalue weighted by Crippen LogP contribution is 2.32. The number of para-hydroxylation sites is 1. The summed E-state index contributed by atoms with van der Waals surface area (Å²) in [5.74, 6) is 0.870. The van der Waals surface area contributed by atoms with Crippen LogP contribution < -0.4 is 14.9 Å². The molecule has 4 rings (SSSR count). The maximum Gasteiger partial charge on any atom is 0.289 e. The molecule has 0 aliphatic heterocycles. The van der Waals surface area contributed by atoms with E-state index in [1.807, 2.05) is 63.2 Å². The van der Waals surface area contributed by atoms with E-state index < -0.39 is 0 Å². The van der Waals surface area contributed by atoms with Gasteiger partial charge in [0.25, 0.3) is 5.91 Å². The molecule has 2 aromatic carbocycles. The number of nitrogens with one attached hydrogen (secondary N) is 3. The maximum absolute atomic E-state index is 12.5. The molecule has 0 aliphatic rings. The molecular weight excluding hydrogens is 406 g/mol. The predicted octanol–water partition coefficient (Wildman–Crippen LogP) is 4.43. The number of aryl methyl sites for hydroxylation is 1. The maximum atomic E-state index is 12.5. The summed E-state index contributed by atoms with van der Waals surface area (Å²) >= 11 is 0. The summed E-state index contributed by atoms with van der Waals surface area (Å²) in [4.78, 5) is 15.8. The van der Waals surface area contributed by atoms with Crippen molar-refractivity contribution >= 4 is 23.0 Å². The molecule has 0 atom stereocenters. The fraction of sp³-hybridized carbons (Fsp3) is 0.208. The number of amides is 1. The van der Waals surface area contributed by atoms with Crippen molar-refractivity contribution in [3.05, 3.63) is 65.5 Å². The van der Waals surface area contributed by atoms with Gasteiger partial charge in [-0.25, -0.2) is 5.43 Å². The molecule has 2 aromatic heterocycles. The Labute approximate surface area is 185 Å². The van der Waals surface area contributed by atoms with Gasteiger partial charge in [0.2, 0.25) is 0 Å². The van der Waals surface area contributed by atoms with Crippen LogP contribution in [0.1, 0.15) is 35.6 Å². The van der Waals surface area contributed by atoms with E-state index in [4.69, 9.17) is 9.47 Å². The van der Waals surface area contributed by atoms with E-state index in [0.717, 1.165) is 27.7 Å². The Kier molecular flexibility index (Phi) is 5.93. The molecule has 2 heterocycles. The number of rotatable bonds is 7. The first-order chi connectivity index (χ1) is 15.5. The van der Waals surface area contributed by atoms with Gasteiger partial charge in [-0.05, 0) is 51.1 Å². The van der Waals surface area contributed by atoms with Gasteiger partial charge in [0.05, 0.1) is 25.1 Å². The molecule has 32 heavy (non-hydrogen) atoms. The van der Waals surface area contributed by atoms with Crippen LogP contribution in [-0.4, -0.2) is 40.5 Å². The summed E-state index contributed by atoms with van der Waals surface area (Å²) in [6.07, 6.45) is 1.67. The third kappa shape index (κ3) is 4.34. The number of nitrogens with zero attached hydrogens (tertiary/aromatic N) is 2. The normalized spacial score (nSPS) is 11.4. The largest absolute Gasteiger partial charge is 0.493 e. The van der Waals surface area contributed by atoms with E-state index >= 15 is 0 Å². The number of carbonyl (C=O) groups is 1. The van der Waals surface area contributed by atoms with Gasteiger partial charge in [-0.1, -0.05) is 18.2 Å². The number of aromatic amines is 2. The summed E-state index contributed by atoms with van der Waals surface area (Å²) in [7, 11) is 1.59. The zero-order chi connectivity index (χ0) is 22.7. The number of hydrogen-bond acceptors (Lipinski definition) is 5. The van der Waals surface area contributed by atoms with Crippen molar-refractivity contribution in [3.63, 3.8) is 0 Å². The Morgan fingerprint density at radius 1 is 1.16 bits per heavy atom. The van der Waals surface area contributed by atoms with Gasteiger partial charge in [0.15, 0.2) is 11.5 Å². The van der Waals surface area contributed by atoms with E-state index in [2.05, 4.69) is 25.7 Å². The van der Waals surface area contributed by atoms with Crippen molar-refractivity contribution in [3.8, 4) is 22.8 Å². The molecule has 164 valence electrons. The van der Waals surface area contributed by atoms with Crippen LogP contribution in [-0.2, 0) is 0 Å². The molecule has 3 N–H and O–H groups in total. The van der Waals surface area contributed by atoms with Crippen LogP contribution in [0.15, 0.2) is 53.6 Å². The molecule has 0 spiro atoms. The number of fused-ring (bicyclic) bond motifs is 1. The summed E-state index contributed by atoms with van der Waals surface area (Å²) in [5, 5.41) is 12.2. The topological polar surface area (TPSA) is 104 Å². The Morgan fingerprint density at radius 3 is 2.75 bits per heavy atom. The van der Waals surface area contributed by atoms with E-state index in [-0.39, 0.29) is 12.0 Å². The number of carbonyl (C=O) groups excluding carboxylic acids is 1. The zero-order valence-corrected chi connectivity index (χ0v) is 18.4. The second-order valence-electron chi connectivity index (χ2n) is 7.61. The molecule has 0 fully saturated rings. The summed E-state index contributed by atoms with van der Waals surface area (Å²) in [6.45, 7) is 5.87. The highest BCUT2D eigenvalue weighted by Gasteiger charge is 2.14. The molecule has 8 heteroatoms. The second-order valence-corrected chi connectivity index (χ2v) is 7.61. The molecule has 0 bridgehead atoms. The third-order valence-corrected chi connectivity index (χ3v) is 4.95. The average Bonchev–Trinajstić information content (AvgIpc) is 3.39. The standard InChI is InChI=1S/C24H25N5O3/c1-14(2)32-22-10-9-16(11-23(22)31-4)20-12-21(28-27-20)24(30)29-25-13-18-15(3)26-19-8-6-5-7-17(18)19/h5-14,26H,1-4H3,(H,27,28)(H,29,30). The van der Waals surface area contributed by atoms with Crippen molar-refractivity contribution in [2.24, 2.45) is 5.10 Å². The monoisotopic (exact) mass is 431 g/mol. The molecule has 8 nitrogen and oxygen atoms in total. The lowest BCUT2D eigenvalue weighted by Gasteiger charge is -2.14. The van der Waals surface area contributed by atoms with Crippen molar-refractivity contribution in [1.82, 2.24) is 20.6 Å². The van der Waals surface area contributed by atoms with E-state index in [9.17, 15) is 4.79 Å². The van der Waals surface area contributed by atoms with E-state index in [1.165, 1.54) is 0 Å². The van der Waals surface area contributed by atoms with Gasteiger partial charge < -0.3 is 14.5 Å². The highest BCUT2D eigenvalue weighted by molar-refractivity contribution is 6.01. The summed E-state index contributed by atoms with van der Waals surface area (Å²) in [5.41, 5.74) is 7.19. The minimum atomic E-state index is -0.385. The van der Waals surface area contributed by atoms with Gasteiger partial charge in [0.1, 0.15) is 5.69 Å². The van der Waals surface area contributed by atoms with Crippen molar-refractivity contribution in [2.45, 2.75) is 26.9 Å². The van der Waals surface area contributed by atoms with Crippen molar-refractivity contribution < 1.29 is 14.3 Å². The number of hydrogen-bond donors (Lipinski definition) is 3. The smallest absolute Gasteiger partial charge is 0.289 e. The van der Waals surface area contributed by atoms with Gasteiger partial charge in [-0.3, -0.25) is 9.89 Å². The number of methoxy groups -OCH3 is 1. The SMILES string of the molecule is COc1cc(-c2cc(C(=O)NN=Cc3c(C)[nH]c4ccccc34)[nH]n2)ccc1OC(C)C. The van der Waals surface area contributed by atoms with Gasteiger partial charge >= 0.3 is 0 Å². The first-order valence-electron chi connectivity index (χ1n) is 10.3. The minimum absolute atomic E-state index is 0.0315. The predicted molar refractivity (Wildman–Crippen MR) is 124 cm³/mol. The van der Waals surface area contributed by atoms with Gasteiger partial charge in [-0.15, -0.1) is 0 Å². The van der Waals surface area contributed by atoms with Gasteiger partial charge in [0, 0.05) is 27.7 Å². The molecule has 0 saturated heterocycles. The number of aromatic nitrogens is 3. The highest BCUT2D eigenvalue weighted by atomic mass is 16.5. The average molecular weight is 431 g/mol. The van der Waals surface area contributed by atoms with Crippen LogP contribution >= 0.6 is 0 Å². The zero-order valence-electron chi connectivity index (χ0n) is 18.4.